The van der Waals surface area contributed by atoms with Crippen LogP contribution in [-0.4, -0.2) is 24.5 Å². The zero-order chi connectivity index (χ0) is 14.5. The molecular formula is C10H13BrF3IN4S. The molecule has 0 radical (unpaired) electrons. The predicted octanol–water partition coefficient (Wildman–Crippen LogP) is 3.35. The van der Waals surface area contributed by atoms with Crippen molar-refractivity contribution in [3.63, 3.8) is 0 Å². The standard InChI is InChI=1S/C10H12BrF3N4S.HI/c1-6(11)3-16-9(15-2)17-4-8-18-7(5-19-8)10(12,13)14;/h5H,1,3-4H2,2H3,(H2,15,16,17);1H. The van der Waals surface area contributed by atoms with Crippen LogP contribution < -0.4 is 10.6 Å². The number of nitrogens with zero attached hydrogens (tertiary/aromatic N) is 2. The number of aliphatic imine (C=N–C) groups is 1. The average molecular weight is 485 g/mol. The van der Waals surface area contributed by atoms with E-state index in [2.05, 4.69) is 43.1 Å². The Morgan fingerprint density at radius 3 is 2.60 bits per heavy atom. The number of aromatic nitrogens is 1. The molecule has 0 amide bonds. The van der Waals surface area contributed by atoms with Crippen molar-refractivity contribution in [1.29, 1.82) is 0 Å². The van der Waals surface area contributed by atoms with Crippen LogP contribution in [0.5, 0.6) is 0 Å². The minimum absolute atomic E-state index is 0. The Bertz CT molecular complexity index is 475. The van der Waals surface area contributed by atoms with Crippen molar-refractivity contribution in [2.45, 2.75) is 12.7 Å². The molecule has 20 heavy (non-hydrogen) atoms. The number of hydrogen-bond donors (Lipinski definition) is 2. The van der Waals surface area contributed by atoms with Gasteiger partial charge in [-0.2, -0.15) is 13.2 Å². The fraction of sp³-hybridized carbons (Fsp3) is 0.400. The van der Waals surface area contributed by atoms with E-state index >= 15 is 0 Å². The van der Waals surface area contributed by atoms with Crippen molar-refractivity contribution in [2.24, 2.45) is 4.99 Å². The van der Waals surface area contributed by atoms with Gasteiger partial charge in [0.2, 0.25) is 0 Å². The first-order valence-electron chi connectivity index (χ1n) is 5.12. The highest BCUT2D eigenvalue weighted by atomic mass is 127. The minimum atomic E-state index is -4.40. The highest BCUT2D eigenvalue weighted by Crippen LogP contribution is 2.29. The molecule has 0 saturated carbocycles. The molecule has 0 aliphatic rings. The van der Waals surface area contributed by atoms with Crippen molar-refractivity contribution in [3.8, 4) is 0 Å². The van der Waals surface area contributed by atoms with Crippen LogP contribution in [0.1, 0.15) is 10.7 Å². The van der Waals surface area contributed by atoms with Gasteiger partial charge >= 0.3 is 6.18 Å². The molecule has 0 spiro atoms. The van der Waals surface area contributed by atoms with Crippen molar-refractivity contribution in [3.05, 3.63) is 27.1 Å². The van der Waals surface area contributed by atoms with E-state index in [1.807, 2.05) is 0 Å². The van der Waals surface area contributed by atoms with Crippen LogP contribution in [0.3, 0.4) is 0 Å². The molecule has 0 unspecified atom stereocenters. The molecule has 0 bridgehead atoms. The van der Waals surface area contributed by atoms with Gasteiger partial charge in [0, 0.05) is 23.5 Å². The summed E-state index contributed by atoms with van der Waals surface area (Å²) in [5.74, 6) is 0.462. The smallest absolute Gasteiger partial charge is 0.352 e. The van der Waals surface area contributed by atoms with Crippen molar-refractivity contribution < 1.29 is 13.2 Å². The third kappa shape index (κ3) is 6.88. The van der Waals surface area contributed by atoms with Gasteiger partial charge in [-0.05, 0) is 0 Å². The Kier molecular flexibility index (Phi) is 8.66. The van der Waals surface area contributed by atoms with E-state index in [0.717, 1.165) is 21.2 Å². The van der Waals surface area contributed by atoms with E-state index in [4.69, 9.17) is 0 Å². The Morgan fingerprint density at radius 1 is 1.50 bits per heavy atom. The maximum atomic E-state index is 12.3. The Balaban J connectivity index is 0.00000361. The monoisotopic (exact) mass is 484 g/mol. The third-order valence-electron chi connectivity index (χ3n) is 1.92. The van der Waals surface area contributed by atoms with Gasteiger partial charge in [0.1, 0.15) is 5.01 Å². The second kappa shape index (κ2) is 8.82. The summed E-state index contributed by atoms with van der Waals surface area (Å²) in [6, 6.07) is 0. The summed E-state index contributed by atoms with van der Waals surface area (Å²) in [7, 11) is 1.56. The first kappa shape index (κ1) is 19.6. The van der Waals surface area contributed by atoms with Gasteiger partial charge in [-0.15, -0.1) is 35.3 Å². The van der Waals surface area contributed by atoms with Gasteiger partial charge in [0.25, 0.3) is 0 Å². The normalized spacial score (nSPS) is 11.8. The van der Waals surface area contributed by atoms with E-state index in [1.54, 1.807) is 7.05 Å². The molecule has 10 heteroatoms. The molecular weight excluding hydrogens is 472 g/mol. The minimum Gasteiger partial charge on any atom is -0.352 e. The predicted molar refractivity (Wildman–Crippen MR) is 88.8 cm³/mol. The van der Waals surface area contributed by atoms with Crippen LogP contribution in [0.4, 0.5) is 13.2 Å². The molecule has 0 aliphatic carbocycles. The summed E-state index contributed by atoms with van der Waals surface area (Å²) in [6.07, 6.45) is -4.40. The lowest BCUT2D eigenvalue weighted by Gasteiger charge is -2.09. The molecule has 1 aromatic rings. The van der Waals surface area contributed by atoms with E-state index in [9.17, 15) is 13.2 Å². The van der Waals surface area contributed by atoms with Crippen LogP contribution in [0.15, 0.2) is 21.4 Å². The summed E-state index contributed by atoms with van der Waals surface area (Å²) < 4.78 is 37.8. The van der Waals surface area contributed by atoms with Crippen LogP contribution >= 0.6 is 51.2 Å². The molecule has 0 aromatic carbocycles. The van der Waals surface area contributed by atoms with Crippen molar-refractivity contribution in [2.75, 3.05) is 13.6 Å². The van der Waals surface area contributed by atoms with Gasteiger partial charge < -0.3 is 10.6 Å². The lowest BCUT2D eigenvalue weighted by molar-refractivity contribution is -0.140. The fourth-order valence-corrected chi connectivity index (χ4v) is 1.96. The summed E-state index contributed by atoms with van der Waals surface area (Å²) in [4.78, 5) is 7.42. The number of thiazole rings is 1. The lowest BCUT2D eigenvalue weighted by Crippen LogP contribution is -2.37. The summed E-state index contributed by atoms with van der Waals surface area (Å²) in [5.41, 5.74) is -0.869. The highest BCUT2D eigenvalue weighted by molar-refractivity contribution is 14.0. The Hall–Kier alpha value is -0.360. The highest BCUT2D eigenvalue weighted by Gasteiger charge is 2.33. The fourth-order valence-electron chi connectivity index (χ4n) is 1.08. The zero-order valence-corrected chi connectivity index (χ0v) is 15.2. The molecule has 0 fully saturated rings. The zero-order valence-electron chi connectivity index (χ0n) is 10.4. The number of halogens is 5. The van der Waals surface area contributed by atoms with Crippen LogP contribution in [0.25, 0.3) is 0 Å². The molecule has 0 aliphatic heterocycles. The van der Waals surface area contributed by atoms with Crippen molar-refractivity contribution in [1.82, 2.24) is 15.6 Å². The van der Waals surface area contributed by atoms with Gasteiger partial charge in [-0.3, -0.25) is 4.99 Å². The molecule has 1 aromatic heterocycles. The van der Waals surface area contributed by atoms with Gasteiger partial charge in [0.05, 0.1) is 6.54 Å². The third-order valence-corrected chi connectivity index (χ3v) is 3.05. The Labute approximate surface area is 144 Å². The number of hydrogen-bond acceptors (Lipinski definition) is 3. The lowest BCUT2D eigenvalue weighted by atomic mass is 10.5. The first-order chi connectivity index (χ1) is 8.82. The Morgan fingerprint density at radius 2 is 2.15 bits per heavy atom. The summed E-state index contributed by atoms with van der Waals surface area (Å²) in [5, 5.41) is 7.12. The molecule has 0 atom stereocenters. The van der Waals surface area contributed by atoms with Crippen LogP contribution in [-0.2, 0) is 12.7 Å². The molecule has 114 valence electrons. The van der Waals surface area contributed by atoms with Crippen LogP contribution in [0, 0.1) is 0 Å². The molecule has 1 rings (SSSR count). The largest absolute Gasteiger partial charge is 0.434 e. The summed E-state index contributed by atoms with van der Waals surface area (Å²) >= 11 is 4.13. The van der Waals surface area contributed by atoms with Gasteiger partial charge in [-0.25, -0.2) is 4.98 Å². The number of guanidine groups is 1. The molecule has 1 heterocycles. The van der Waals surface area contributed by atoms with Crippen molar-refractivity contribution >= 4 is 57.2 Å². The van der Waals surface area contributed by atoms with E-state index < -0.39 is 11.9 Å². The first-order valence-corrected chi connectivity index (χ1v) is 6.79. The maximum absolute atomic E-state index is 12.3. The second-order valence-corrected chi connectivity index (χ2v) is 5.48. The average Bonchev–Trinajstić information content (AvgIpc) is 2.77. The second-order valence-electron chi connectivity index (χ2n) is 3.42. The van der Waals surface area contributed by atoms with Gasteiger partial charge in [0.15, 0.2) is 11.7 Å². The van der Waals surface area contributed by atoms with Gasteiger partial charge in [-0.1, -0.05) is 22.5 Å². The molecule has 0 saturated heterocycles. The number of nitrogens with one attached hydrogen (secondary N) is 2. The topological polar surface area (TPSA) is 49.3 Å². The maximum Gasteiger partial charge on any atom is 0.434 e. The molecule has 2 N–H and O–H groups in total. The van der Waals surface area contributed by atoms with E-state index in [-0.39, 0.29) is 30.5 Å². The van der Waals surface area contributed by atoms with Crippen LogP contribution in [0.2, 0.25) is 0 Å². The SMILES string of the molecule is C=C(Br)CNC(=NC)NCc1nc(C(F)(F)F)cs1.I. The summed E-state index contributed by atoms with van der Waals surface area (Å²) in [6.45, 7) is 4.29. The number of rotatable bonds is 4. The molecule has 4 nitrogen and oxygen atoms in total. The number of alkyl halides is 3. The quantitative estimate of drug-likeness (QED) is 0.391. The van der Waals surface area contributed by atoms with E-state index in [1.165, 1.54) is 0 Å². The van der Waals surface area contributed by atoms with E-state index in [0.29, 0.717) is 17.5 Å².